The fourth-order valence-electron chi connectivity index (χ4n) is 2.94. The van der Waals surface area contributed by atoms with E-state index in [-0.39, 0.29) is 15.9 Å². The number of aryl methyl sites for hydroxylation is 1. The topological polar surface area (TPSA) is 99.0 Å². The number of hydrogen-bond donors (Lipinski definition) is 1. The van der Waals surface area contributed by atoms with Gasteiger partial charge in [0.1, 0.15) is 17.2 Å². The maximum Gasteiger partial charge on any atom is 0.261 e. The molecule has 0 aliphatic carbocycles. The van der Waals surface area contributed by atoms with Gasteiger partial charge in [0, 0.05) is 29.3 Å². The zero-order valence-corrected chi connectivity index (χ0v) is 19.1. The van der Waals surface area contributed by atoms with E-state index in [1.807, 2.05) is 11.5 Å². The molecule has 0 saturated heterocycles. The van der Waals surface area contributed by atoms with E-state index >= 15 is 0 Å². The summed E-state index contributed by atoms with van der Waals surface area (Å²) in [4.78, 5) is 4.28. The second-order valence-corrected chi connectivity index (χ2v) is 9.15. The van der Waals surface area contributed by atoms with Crippen LogP contribution in [-0.4, -0.2) is 28.2 Å². The van der Waals surface area contributed by atoms with Crippen LogP contribution in [0.2, 0.25) is 10.2 Å². The molecule has 8 nitrogen and oxygen atoms in total. The summed E-state index contributed by atoms with van der Waals surface area (Å²) in [5, 5.41) is 8.72. The molecule has 2 aromatic heterocycles. The lowest BCUT2D eigenvalue weighted by molar-refractivity contribution is 0.463. The number of rotatable bonds is 7. The molecule has 164 valence electrons. The molecule has 0 aliphatic heterocycles. The number of halogens is 2. The van der Waals surface area contributed by atoms with Crippen LogP contribution >= 0.6 is 23.2 Å². The lowest BCUT2D eigenvalue weighted by Crippen LogP contribution is -2.12. The minimum Gasteiger partial charge on any atom is -0.439 e. The number of anilines is 1. The number of nitrogens with zero attached hydrogens (tertiary/aromatic N) is 4. The highest BCUT2D eigenvalue weighted by Crippen LogP contribution is 2.29. The van der Waals surface area contributed by atoms with E-state index in [1.165, 1.54) is 24.3 Å². The Labute approximate surface area is 194 Å². The summed E-state index contributed by atoms with van der Waals surface area (Å²) in [6.45, 7) is 2.66. The van der Waals surface area contributed by atoms with Gasteiger partial charge in [0.05, 0.1) is 10.6 Å². The largest absolute Gasteiger partial charge is 0.439 e. The van der Waals surface area contributed by atoms with Crippen LogP contribution in [0, 0.1) is 0 Å². The van der Waals surface area contributed by atoms with Gasteiger partial charge in [-0.05, 0) is 49.4 Å². The summed E-state index contributed by atoms with van der Waals surface area (Å²) >= 11 is 12.0. The minimum atomic E-state index is -3.79. The van der Waals surface area contributed by atoms with Crippen LogP contribution in [0.15, 0.2) is 71.9 Å². The van der Waals surface area contributed by atoms with E-state index in [0.29, 0.717) is 34.4 Å². The van der Waals surface area contributed by atoms with Crippen molar-refractivity contribution < 1.29 is 13.2 Å². The zero-order chi connectivity index (χ0) is 22.7. The maximum absolute atomic E-state index is 12.6. The third kappa shape index (κ3) is 5.01. The fourth-order valence-corrected chi connectivity index (χ4v) is 4.31. The molecule has 0 unspecified atom stereocenters. The number of sulfonamides is 1. The first-order chi connectivity index (χ1) is 15.3. The van der Waals surface area contributed by atoms with Crippen molar-refractivity contribution in [2.45, 2.75) is 18.4 Å². The first-order valence-corrected chi connectivity index (χ1v) is 11.7. The average molecular weight is 490 g/mol. The standard InChI is InChI=1S/C21H17Cl2N5O3S/c1-2-28-13-24-26-21(28)14-10-19(23)25-20(11-14)31-17-5-3-4-16(12-17)27-32(29,30)18-8-6-15(22)7-9-18/h3-13,27H,2H2,1H3. The molecule has 2 aromatic carbocycles. The molecule has 0 aliphatic rings. The Morgan fingerprint density at radius 2 is 1.84 bits per heavy atom. The number of aromatic nitrogens is 4. The molecule has 0 amide bonds. The molecule has 2 heterocycles. The summed E-state index contributed by atoms with van der Waals surface area (Å²) in [5.74, 6) is 1.24. The number of nitrogens with one attached hydrogen (secondary N) is 1. The van der Waals surface area contributed by atoms with Crippen LogP contribution < -0.4 is 9.46 Å². The highest BCUT2D eigenvalue weighted by Gasteiger charge is 2.15. The predicted molar refractivity (Wildman–Crippen MR) is 123 cm³/mol. The molecule has 0 bridgehead atoms. The number of pyridine rings is 1. The van der Waals surface area contributed by atoms with E-state index in [2.05, 4.69) is 19.9 Å². The van der Waals surface area contributed by atoms with Crippen molar-refractivity contribution in [2.75, 3.05) is 4.72 Å². The lowest BCUT2D eigenvalue weighted by Gasteiger charge is -2.11. The van der Waals surface area contributed by atoms with E-state index in [0.717, 1.165) is 0 Å². The Morgan fingerprint density at radius 3 is 2.59 bits per heavy atom. The van der Waals surface area contributed by atoms with E-state index in [4.69, 9.17) is 27.9 Å². The van der Waals surface area contributed by atoms with Crippen molar-refractivity contribution in [1.82, 2.24) is 19.7 Å². The normalized spacial score (nSPS) is 11.3. The summed E-state index contributed by atoms with van der Waals surface area (Å²) in [7, 11) is -3.79. The van der Waals surface area contributed by atoms with Crippen molar-refractivity contribution >= 4 is 38.9 Å². The lowest BCUT2D eigenvalue weighted by atomic mass is 10.2. The summed E-state index contributed by atoms with van der Waals surface area (Å²) in [6, 6.07) is 15.7. The van der Waals surface area contributed by atoms with E-state index in [1.54, 1.807) is 42.7 Å². The third-order valence-electron chi connectivity index (χ3n) is 4.42. The molecule has 0 radical (unpaired) electrons. The van der Waals surface area contributed by atoms with Crippen molar-refractivity contribution in [3.05, 3.63) is 77.2 Å². The average Bonchev–Trinajstić information content (AvgIpc) is 3.22. The first kappa shape index (κ1) is 22.1. The van der Waals surface area contributed by atoms with Gasteiger partial charge in [-0.3, -0.25) is 4.72 Å². The van der Waals surface area contributed by atoms with Crippen LogP contribution in [0.1, 0.15) is 6.92 Å². The zero-order valence-electron chi connectivity index (χ0n) is 16.7. The van der Waals surface area contributed by atoms with Gasteiger partial charge in [0.25, 0.3) is 10.0 Å². The number of ether oxygens (including phenoxy) is 1. The Bertz CT molecular complexity index is 1360. The van der Waals surface area contributed by atoms with Crippen LogP contribution in [0.4, 0.5) is 5.69 Å². The molecule has 4 rings (SSSR count). The molecule has 0 fully saturated rings. The molecular formula is C21H17Cl2N5O3S. The number of hydrogen-bond acceptors (Lipinski definition) is 6. The maximum atomic E-state index is 12.6. The second kappa shape index (κ2) is 9.15. The molecule has 0 atom stereocenters. The quantitative estimate of drug-likeness (QED) is 0.355. The Kier molecular flexibility index (Phi) is 6.31. The van der Waals surface area contributed by atoms with Crippen molar-refractivity contribution in [3.63, 3.8) is 0 Å². The third-order valence-corrected chi connectivity index (χ3v) is 6.26. The molecule has 11 heteroatoms. The van der Waals surface area contributed by atoms with Gasteiger partial charge in [0.15, 0.2) is 5.82 Å². The van der Waals surface area contributed by atoms with Gasteiger partial charge >= 0.3 is 0 Å². The van der Waals surface area contributed by atoms with Gasteiger partial charge in [-0.25, -0.2) is 13.4 Å². The predicted octanol–water partition coefficient (Wildman–Crippen LogP) is 5.26. The Hall–Kier alpha value is -3.14. The van der Waals surface area contributed by atoms with Crippen LogP contribution in [0.5, 0.6) is 11.6 Å². The SMILES string of the molecule is CCn1cnnc1-c1cc(Cl)nc(Oc2cccc(NS(=O)(=O)c3ccc(Cl)cc3)c2)c1. The van der Waals surface area contributed by atoms with Crippen molar-refractivity contribution in [1.29, 1.82) is 0 Å². The smallest absolute Gasteiger partial charge is 0.261 e. The molecule has 32 heavy (non-hydrogen) atoms. The second-order valence-electron chi connectivity index (χ2n) is 6.65. The van der Waals surface area contributed by atoms with E-state index in [9.17, 15) is 8.42 Å². The molecule has 1 N–H and O–H groups in total. The van der Waals surface area contributed by atoms with Gasteiger partial charge < -0.3 is 9.30 Å². The van der Waals surface area contributed by atoms with E-state index < -0.39 is 10.0 Å². The van der Waals surface area contributed by atoms with Gasteiger partial charge in [-0.1, -0.05) is 29.3 Å². The first-order valence-electron chi connectivity index (χ1n) is 9.46. The van der Waals surface area contributed by atoms with Gasteiger partial charge in [-0.2, -0.15) is 0 Å². The van der Waals surface area contributed by atoms with Crippen LogP contribution in [0.3, 0.4) is 0 Å². The number of benzene rings is 2. The van der Waals surface area contributed by atoms with Gasteiger partial charge in [-0.15, -0.1) is 10.2 Å². The molecule has 0 saturated carbocycles. The molecule has 4 aromatic rings. The molecular weight excluding hydrogens is 473 g/mol. The monoisotopic (exact) mass is 489 g/mol. The fraction of sp³-hybridized carbons (Fsp3) is 0.0952. The highest BCUT2D eigenvalue weighted by molar-refractivity contribution is 7.92. The summed E-state index contributed by atoms with van der Waals surface area (Å²) in [5.41, 5.74) is 1.02. The highest BCUT2D eigenvalue weighted by atomic mass is 35.5. The van der Waals surface area contributed by atoms with Crippen LogP contribution in [0.25, 0.3) is 11.4 Å². The molecule has 0 spiro atoms. The van der Waals surface area contributed by atoms with Crippen molar-refractivity contribution in [3.8, 4) is 23.0 Å². The van der Waals surface area contributed by atoms with Crippen molar-refractivity contribution in [2.24, 2.45) is 0 Å². The Balaban J connectivity index is 1.58. The van der Waals surface area contributed by atoms with Crippen LogP contribution in [-0.2, 0) is 16.6 Å². The summed E-state index contributed by atoms with van der Waals surface area (Å²) < 4.78 is 35.5. The minimum absolute atomic E-state index is 0.0920. The van der Waals surface area contributed by atoms with Gasteiger partial charge in [0.2, 0.25) is 5.88 Å². The summed E-state index contributed by atoms with van der Waals surface area (Å²) in [6.07, 6.45) is 1.63. The Morgan fingerprint density at radius 1 is 1.06 bits per heavy atom.